The third-order valence-corrected chi connectivity index (χ3v) is 3.74. The molecule has 88 valence electrons. The van der Waals surface area contributed by atoms with Crippen LogP contribution in [0.3, 0.4) is 0 Å². The van der Waals surface area contributed by atoms with Gasteiger partial charge in [0.25, 0.3) is 5.91 Å². The van der Waals surface area contributed by atoms with Gasteiger partial charge in [-0.2, -0.15) is 5.26 Å². The van der Waals surface area contributed by atoms with E-state index in [1.165, 1.54) is 6.20 Å². The van der Waals surface area contributed by atoms with Gasteiger partial charge in [-0.3, -0.25) is 4.79 Å². The van der Waals surface area contributed by atoms with Gasteiger partial charge in [-0.05, 0) is 25.0 Å². The second kappa shape index (κ2) is 5.28. The van der Waals surface area contributed by atoms with Gasteiger partial charge in [-0.25, -0.2) is 4.98 Å². The number of carbonyl (C=O) groups is 1. The Hall–Kier alpha value is -1.41. The number of carbonyl (C=O) groups excluding carboxylic acids is 1. The van der Waals surface area contributed by atoms with E-state index in [9.17, 15) is 4.79 Å². The van der Waals surface area contributed by atoms with Crippen molar-refractivity contribution in [2.45, 2.75) is 17.7 Å². The van der Waals surface area contributed by atoms with Crippen LogP contribution in [0.15, 0.2) is 18.3 Å². The fourth-order valence-corrected chi connectivity index (χ4v) is 2.21. The molecule has 4 nitrogen and oxygen atoms in total. The van der Waals surface area contributed by atoms with Crippen LogP contribution in [0.2, 0.25) is 0 Å². The number of aromatic nitrogens is 1. The van der Waals surface area contributed by atoms with Crippen molar-refractivity contribution in [3.63, 3.8) is 0 Å². The van der Waals surface area contributed by atoms with Crippen molar-refractivity contribution in [2.24, 2.45) is 0 Å². The minimum atomic E-state index is -0.0473. The molecule has 1 aromatic heterocycles. The highest BCUT2D eigenvalue weighted by Crippen LogP contribution is 2.18. The Morgan fingerprint density at radius 1 is 1.47 bits per heavy atom. The predicted molar refractivity (Wildman–Crippen MR) is 66.8 cm³/mol. The number of piperidine rings is 1. The highest BCUT2D eigenvalue weighted by molar-refractivity contribution is 9.09. The van der Waals surface area contributed by atoms with Gasteiger partial charge in [-0.15, -0.1) is 0 Å². The molecule has 2 rings (SSSR count). The number of amides is 1. The van der Waals surface area contributed by atoms with Gasteiger partial charge in [0.05, 0.1) is 5.56 Å². The normalized spacial score (nSPS) is 16.6. The van der Waals surface area contributed by atoms with Crippen LogP contribution in [-0.2, 0) is 0 Å². The Morgan fingerprint density at radius 2 is 2.18 bits per heavy atom. The lowest BCUT2D eigenvalue weighted by Crippen LogP contribution is -2.39. The van der Waals surface area contributed by atoms with Gasteiger partial charge >= 0.3 is 0 Å². The fourth-order valence-electron chi connectivity index (χ4n) is 1.80. The smallest absolute Gasteiger partial charge is 0.272 e. The van der Waals surface area contributed by atoms with Gasteiger partial charge in [0.1, 0.15) is 11.8 Å². The molecule has 0 saturated carbocycles. The number of halogens is 1. The summed E-state index contributed by atoms with van der Waals surface area (Å²) in [5.41, 5.74) is 0.887. The zero-order valence-electron chi connectivity index (χ0n) is 9.27. The van der Waals surface area contributed by atoms with Crippen LogP contribution in [-0.4, -0.2) is 33.7 Å². The van der Waals surface area contributed by atoms with E-state index in [4.69, 9.17) is 5.26 Å². The van der Waals surface area contributed by atoms with Crippen molar-refractivity contribution in [2.75, 3.05) is 13.1 Å². The molecule has 1 aromatic rings. The predicted octanol–water partition coefficient (Wildman–Crippen LogP) is 1.95. The molecule has 0 aromatic carbocycles. The van der Waals surface area contributed by atoms with E-state index >= 15 is 0 Å². The molecule has 0 bridgehead atoms. The van der Waals surface area contributed by atoms with Gasteiger partial charge in [0.15, 0.2) is 0 Å². The summed E-state index contributed by atoms with van der Waals surface area (Å²) < 4.78 is 0. The molecule has 1 fully saturated rings. The standard InChI is InChI=1S/C12H12BrN3O/c13-10-3-5-16(6-4-10)12(17)11-2-1-9(7-14)8-15-11/h1-2,8,10H,3-6H2. The minimum absolute atomic E-state index is 0.0473. The molecular weight excluding hydrogens is 282 g/mol. The second-order valence-corrected chi connectivity index (χ2v) is 5.31. The maximum absolute atomic E-state index is 12.1. The minimum Gasteiger partial charge on any atom is -0.337 e. The van der Waals surface area contributed by atoms with E-state index in [1.54, 1.807) is 12.1 Å². The van der Waals surface area contributed by atoms with Gasteiger partial charge in [0.2, 0.25) is 0 Å². The zero-order valence-corrected chi connectivity index (χ0v) is 10.9. The second-order valence-electron chi connectivity index (χ2n) is 4.01. The molecule has 1 saturated heterocycles. The van der Waals surface area contributed by atoms with Crippen LogP contribution in [0.25, 0.3) is 0 Å². The zero-order chi connectivity index (χ0) is 12.3. The number of nitrogens with zero attached hydrogens (tertiary/aromatic N) is 3. The fraction of sp³-hybridized carbons (Fsp3) is 0.417. The molecule has 0 aliphatic carbocycles. The Kier molecular flexibility index (Phi) is 3.75. The Balaban J connectivity index is 2.06. The van der Waals surface area contributed by atoms with E-state index in [0.29, 0.717) is 16.1 Å². The summed E-state index contributed by atoms with van der Waals surface area (Å²) in [7, 11) is 0. The number of rotatable bonds is 1. The maximum atomic E-state index is 12.1. The summed E-state index contributed by atoms with van der Waals surface area (Å²) in [4.78, 5) is 18.4. The van der Waals surface area contributed by atoms with Crippen LogP contribution in [0.4, 0.5) is 0 Å². The average molecular weight is 294 g/mol. The molecule has 1 aliphatic heterocycles. The molecule has 0 spiro atoms. The first kappa shape index (κ1) is 12.1. The average Bonchev–Trinajstić information content (AvgIpc) is 2.39. The highest BCUT2D eigenvalue weighted by Gasteiger charge is 2.22. The lowest BCUT2D eigenvalue weighted by atomic mass is 10.1. The number of alkyl halides is 1. The molecule has 0 radical (unpaired) electrons. The van der Waals surface area contributed by atoms with Crippen LogP contribution in [0.5, 0.6) is 0 Å². The van der Waals surface area contributed by atoms with Gasteiger partial charge in [0, 0.05) is 24.1 Å². The number of hydrogen-bond acceptors (Lipinski definition) is 3. The summed E-state index contributed by atoms with van der Waals surface area (Å²) in [6.07, 6.45) is 3.38. The largest absolute Gasteiger partial charge is 0.337 e. The van der Waals surface area contributed by atoms with E-state index in [2.05, 4.69) is 20.9 Å². The topological polar surface area (TPSA) is 57.0 Å². The highest BCUT2D eigenvalue weighted by atomic mass is 79.9. The summed E-state index contributed by atoms with van der Waals surface area (Å²) in [6, 6.07) is 5.22. The molecule has 17 heavy (non-hydrogen) atoms. The third kappa shape index (κ3) is 2.83. The van der Waals surface area contributed by atoms with Crippen LogP contribution in [0, 0.1) is 11.3 Å². The molecule has 5 heteroatoms. The Bertz CT molecular complexity index is 444. The van der Waals surface area contributed by atoms with Crippen molar-refractivity contribution in [3.05, 3.63) is 29.6 Å². The van der Waals surface area contributed by atoms with Crippen molar-refractivity contribution in [3.8, 4) is 6.07 Å². The van der Waals surface area contributed by atoms with Crippen molar-refractivity contribution in [1.29, 1.82) is 5.26 Å². The molecule has 0 atom stereocenters. The first-order chi connectivity index (χ1) is 8.20. The van der Waals surface area contributed by atoms with E-state index in [1.807, 2.05) is 11.0 Å². The van der Waals surface area contributed by atoms with E-state index in [-0.39, 0.29) is 5.91 Å². The summed E-state index contributed by atoms with van der Waals surface area (Å²) in [6.45, 7) is 1.52. The third-order valence-electron chi connectivity index (χ3n) is 2.82. The first-order valence-electron chi connectivity index (χ1n) is 5.50. The van der Waals surface area contributed by atoms with E-state index in [0.717, 1.165) is 25.9 Å². The number of likely N-dealkylation sites (tertiary alicyclic amines) is 1. The van der Waals surface area contributed by atoms with Gasteiger partial charge < -0.3 is 4.90 Å². The molecule has 0 unspecified atom stereocenters. The molecule has 0 N–H and O–H groups in total. The molecule has 1 amide bonds. The summed E-state index contributed by atoms with van der Waals surface area (Å²) >= 11 is 3.55. The maximum Gasteiger partial charge on any atom is 0.272 e. The number of hydrogen-bond donors (Lipinski definition) is 0. The lowest BCUT2D eigenvalue weighted by Gasteiger charge is -2.29. The Labute approximate surface area is 108 Å². The lowest BCUT2D eigenvalue weighted by molar-refractivity contribution is 0.0722. The molecule has 2 heterocycles. The number of nitriles is 1. The first-order valence-corrected chi connectivity index (χ1v) is 6.42. The molecular formula is C12H12BrN3O. The van der Waals surface area contributed by atoms with Crippen LogP contribution >= 0.6 is 15.9 Å². The SMILES string of the molecule is N#Cc1ccc(C(=O)N2CCC(Br)CC2)nc1. The van der Waals surface area contributed by atoms with Crippen molar-refractivity contribution >= 4 is 21.8 Å². The quantitative estimate of drug-likeness (QED) is 0.744. The molecule has 1 aliphatic rings. The van der Waals surface area contributed by atoms with Gasteiger partial charge in [-0.1, -0.05) is 15.9 Å². The van der Waals surface area contributed by atoms with Crippen molar-refractivity contribution in [1.82, 2.24) is 9.88 Å². The Morgan fingerprint density at radius 3 is 2.71 bits per heavy atom. The monoisotopic (exact) mass is 293 g/mol. The summed E-state index contributed by atoms with van der Waals surface area (Å²) in [5, 5.41) is 8.65. The van der Waals surface area contributed by atoms with E-state index < -0.39 is 0 Å². The van der Waals surface area contributed by atoms with Crippen LogP contribution < -0.4 is 0 Å². The number of pyridine rings is 1. The van der Waals surface area contributed by atoms with Crippen molar-refractivity contribution < 1.29 is 4.79 Å². The summed E-state index contributed by atoms with van der Waals surface area (Å²) in [5.74, 6) is -0.0473. The van der Waals surface area contributed by atoms with Crippen LogP contribution in [0.1, 0.15) is 28.9 Å².